The Morgan fingerprint density at radius 2 is 2.42 bits per heavy atom. The van der Waals surface area contributed by atoms with E-state index in [0.717, 1.165) is 55.1 Å². The molecule has 2 aromatic heterocycles. The SMILES string of the molecule is CCNC(=NCCCSc1nccs1)N1CCC(Cc2cnn(C)c2)C1. The summed E-state index contributed by atoms with van der Waals surface area (Å²) in [4.78, 5) is 11.6. The van der Waals surface area contributed by atoms with Crippen molar-refractivity contribution in [1.82, 2.24) is 25.0 Å². The largest absolute Gasteiger partial charge is 0.357 e. The number of hydrogen-bond acceptors (Lipinski definition) is 5. The maximum absolute atomic E-state index is 4.84. The van der Waals surface area contributed by atoms with Crippen LogP contribution < -0.4 is 5.32 Å². The standard InChI is InChI=1S/C18H28N6S2/c1-3-19-17(20-6-4-9-25-18-21-7-10-26-18)24-8-5-15(14-24)11-16-12-22-23(2)13-16/h7,10,12-13,15H,3-6,8-9,11,14H2,1-2H3,(H,19,20). The number of aryl methyl sites for hydroxylation is 1. The summed E-state index contributed by atoms with van der Waals surface area (Å²) in [5, 5.41) is 9.77. The number of guanidine groups is 1. The van der Waals surface area contributed by atoms with Gasteiger partial charge in [-0.05, 0) is 37.7 Å². The first-order chi connectivity index (χ1) is 12.7. The first-order valence-corrected chi connectivity index (χ1v) is 11.1. The number of nitrogens with one attached hydrogen (secondary N) is 1. The first kappa shape index (κ1) is 19.2. The fraction of sp³-hybridized carbons (Fsp3) is 0.611. The molecule has 6 nitrogen and oxygen atoms in total. The highest BCUT2D eigenvalue weighted by Gasteiger charge is 2.25. The van der Waals surface area contributed by atoms with E-state index in [1.165, 1.54) is 12.0 Å². The summed E-state index contributed by atoms with van der Waals surface area (Å²) >= 11 is 3.53. The molecule has 0 aromatic carbocycles. The van der Waals surface area contributed by atoms with E-state index in [1.807, 2.05) is 41.3 Å². The molecular formula is C18H28N6S2. The van der Waals surface area contributed by atoms with Crippen LogP contribution in [0.4, 0.5) is 0 Å². The predicted octanol–water partition coefficient (Wildman–Crippen LogP) is 2.89. The molecule has 0 radical (unpaired) electrons. The second-order valence-corrected chi connectivity index (χ2v) is 8.80. The van der Waals surface area contributed by atoms with Gasteiger partial charge in [0.2, 0.25) is 0 Å². The molecule has 26 heavy (non-hydrogen) atoms. The molecule has 0 bridgehead atoms. The average molecular weight is 393 g/mol. The molecule has 142 valence electrons. The summed E-state index contributed by atoms with van der Waals surface area (Å²) in [5.41, 5.74) is 1.33. The number of aromatic nitrogens is 3. The summed E-state index contributed by atoms with van der Waals surface area (Å²) in [5.74, 6) is 2.82. The van der Waals surface area contributed by atoms with Crippen LogP contribution in [0, 0.1) is 5.92 Å². The lowest BCUT2D eigenvalue weighted by molar-refractivity contribution is 0.460. The number of rotatable bonds is 8. The van der Waals surface area contributed by atoms with Crippen LogP contribution >= 0.6 is 23.1 Å². The van der Waals surface area contributed by atoms with Gasteiger partial charge in [0.05, 0.1) is 6.20 Å². The molecule has 1 aliphatic rings. The van der Waals surface area contributed by atoms with Gasteiger partial charge >= 0.3 is 0 Å². The van der Waals surface area contributed by atoms with Gasteiger partial charge in [-0.15, -0.1) is 11.3 Å². The zero-order chi connectivity index (χ0) is 18.2. The van der Waals surface area contributed by atoms with Gasteiger partial charge < -0.3 is 10.2 Å². The van der Waals surface area contributed by atoms with E-state index in [1.54, 1.807) is 11.3 Å². The fourth-order valence-corrected chi connectivity index (χ4v) is 4.85. The average Bonchev–Trinajstić information content (AvgIpc) is 3.37. The minimum absolute atomic E-state index is 0.684. The number of thiazole rings is 1. The lowest BCUT2D eigenvalue weighted by Gasteiger charge is -2.21. The highest BCUT2D eigenvalue weighted by atomic mass is 32.2. The molecular weight excluding hydrogens is 364 g/mol. The number of aliphatic imine (C=N–C) groups is 1. The molecule has 2 aromatic rings. The lowest BCUT2D eigenvalue weighted by atomic mass is 10.0. The summed E-state index contributed by atoms with van der Waals surface area (Å²) in [6.07, 6.45) is 9.38. The molecule has 3 heterocycles. The van der Waals surface area contributed by atoms with Crippen LogP contribution in [0.25, 0.3) is 0 Å². The van der Waals surface area contributed by atoms with Crippen molar-refractivity contribution in [3.8, 4) is 0 Å². The number of nitrogens with zero attached hydrogens (tertiary/aromatic N) is 5. The van der Waals surface area contributed by atoms with Crippen molar-refractivity contribution in [2.45, 2.75) is 30.5 Å². The van der Waals surface area contributed by atoms with E-state index in [-0.39, 0.29) is 0 Å². The topological polar surface area (TPSA) is 58.3 Å². The monoisotopic (exact) mass is 392 g/mol. The lowest BCUT2D eigenvalue weighted by Crippen LogP contribution is -2.40. The Morgan fingerprint density at radius 1 is 1.50 bits per heavy atom. The fourth-order valence-electron chi connectivity index (χ4n) is 3.22. The van der Waals surface area contributed by atoms with Crippen molar-refractivity contribution < 1.29 is 0 Å². The van der Waals surface area contributed by atoms with Gasteiger partial charge in [0.1, 0.15) is 4.34 Å². The van der Waals surface area contributed by atoms with Crippen molar-refractivity contribution in [3.05, 3.63) is 29.5 Å². The minimum atomic E-state index is 0.684. The highest BCUT2D eigenvalue weighted by molar-refractivity contribution is 8.00. The van der Waals surface area contributed by atoms with Gasteiger partial charge in [-0.1, -0.05) is 11.8 Å². The molecule has 8 heteroatoms. The van der Waals surface area contributed by atoms with Gasteiger partial charge in [-0.25, -0.2) is 4.98 Å². The van der Waals surface area contributed by atoms with Crippen LogP contribution in [-0.2, 0) is 13.5 Å². The Morgan fingerprint density at radius 3 is 3.15 bits per heavy atom. The highest BCUT2D eigenvalue weighted by Crippen LogP contribution is 2.22. The first-order valence-electron chi connectivity index (χ1n) is 9.27. The Balaban J connectivity index is 1.44. The molecule has 1 fully saturated rings. The van der Waals surface area contributed by atoms with Gasteiger partial charge in [-0.2, -0.15) is 5.10 Å². The third-order valence-corrected chi connectivity index (χ3v) is 6.45. The van der Waals surface area contributed by atoms with Crippen LogP contribution in [-0.4, -0.2) is 57.6 Å². The molecule has 0 aliphatic carbocycles. The van der Waals surface area contributed by atoms with Gasteiger partial charge in [0.15, 0.2) is 5.96 Å². The zero-order valence-electron chi connectivity index (χ0n) is 15.6. The van der Waals surface area contributed by atoms with E-state index >= 15 is 0 Å². The molecule has 0 saturated carbocycles. The number of thioether (sulfide) groups is 1. The molecule has 1 atom stereocenters. The summed E-state index contributed by atoms with van der Waals surface area (Å²) in [6, 6.07) is 0. The van der Waals surface area contributed by atoms with Gasteiger partial charge in [0.25, 0.3) is 0 Å². The van der Waals surface area contributed by atoms with E-state index < -0.39 is 0 Å². The van der Waals surface area contributed by atoms with Crippen LogP contribution in [0.2, 0.25) is 0 Å². The van der Waals surface area contributed by atoms with Crippen LogP contribution in [0.15, 0.2) is 33.3 Å². The second-order valence-electron chi connectivity index (χ2n) is 6.56. The molecule has 3 rings (SSSR count). The molecule has 0 spiro atoms. The third kappa shape index (κ3) is 5.74. The predicted molar refractivity (Wildman–Crippen MR) is 110 cm³/mol. The van der Waals surface area contributed by atoms with E-state index in [0.29, 0.717) is 5.92 Å². The Labute approximate surface area is 164 Å². The molecule has 1 unspecified atom stereocenters. The Kier molecular flexibility index (Phi) is 7.37. The summed E-state index contributed by atoms with van der Waals surface area (Å²) < 4.78 is 3.04. The van der Waals surface area contributed by atoms with Crippen molar-refractivity contribution >= 4 is 29.1 Å². The van der Waals surface area contributed by atoms with Gasteiger partial charge in [-0.3, -0.25) is 9.67 Å². The van der Waals surface area contributed by atoms with Crippen molar-refractivity contribution in [2.24, 2.45) is 18.0 Å². The Bertz CT molecular complexity index is 682. The maximum Gasteiger partial charge on any atom is 0.193 e. The maximum atomic E-state index is 4.84. The third-order valence-electron chi connectivity index (χ3n) is 4.40. The molecule has 1 saturated heterocycles. The zero-order valence-corrected chi connectivity index (χ0v) is 17.2. The second kappa shape index (κ2) is 9.97. The van der Waals surface area contributed by atoms with Crippen molar-refractivity contribution in [2.75, 3.05) is 31.9 Å². The van der Waals surface area contributed by atoms with E-state index in [4.69, 9.17) is 4.99 Å². The number of hydrogen-bond donors (Lipinski definition) is 1. The van der Waals surface area contributed by atoms with Gasteiger partial charge in [0, 0.05) is 56.8 Å². The normalized spacial score (nSPS) is 17.8. The molecule has 0 amide bonds. The molecule has 1 aliphatic heterocycles. The summed E-state index contributed by atoms with van der Waals surface area (Å²) in [6.45, 7) is 6.08. The van der Waals surface area contributed by atoms with E-state index in [9.17, 15) is 0 Å². The van der Waals surface area contributed by atoms with Crippen molar-refractivity contribution in [3.63, 3.8) is 0 Å². The minimum Gasteiger partial charge on any atom is -0.357 e. The van der Waals surface area contributed by atoms with Crippen LogP contribution in [0.3, 0.4) is 0 Å². The Hall–Kier alpha value is -1.54. The van der Waals surface area contributed by atoms with Crippen molar-refractivity contribution in [1.29, 1.82) is 0 Å². The van der Waals surface area contributed by atoms with Crippen LogP contribution in [0.1, 0.15) is 25.3 Å². The van der Waals surface area contributed by atoms with E-state index in [2.05, 4.69) is 33.4 Å². The number of likely N-dealkylation sites (tertiary alicyclic amines) is 1. The quantitative estimate of drug-likeness (QED) is 0.324. The summed E-state index contributed by atoms with van der Waals surface area (Å²) in [7, 11) is 1.98. The van der Waals surface area contributed by atoms with Crippen LogP contribution in [0.5, 0.6) is 0 Å². The smallest absolute Gasteiger partial charge is 0.193 e. The molecule has 1 N–H and O–H groups in total.